The van der Waals surface area contributed by atoms with Crippen LogP contribution in [0, 0.1) is 13.8 Å². The summed E-state index contributed by atoms with van der Waals surface area (Å²) < 4.78 is 18.2. The standard InChI is InChI=1S/C23H21N5O4S/c1-12(2)28-22-18(9-24-28)17(8-19(25-22)16-7-13(3)31-14(16)4)23(29)30-10-20-26-21(27-32-20)15-5-6-33-11-15/h5-9,11-12H,10H2,1-4H3. The van der Waals surface area contributed by atoms with Crippen molar-refractivity contribution in [1.82, 2.24) is 24.9 Å². The first-order valence-electron chi connectivity index (χ1n) is 10.4. The summed E-state index contributed by atoms with van der Waals surface area (Å²) in [5.74, 6) is 1.64. The molecule has 0 aliphatic rings. The highest BCUT2D eigenvalue weighted by Crippen LogP contribution is 2.30. The molecule has 9 nitrogen and oxygen atoms in total. The van der Waals surface area contributed by atoms with E-state index in [-0.39, 0.29) is 18.5 Å². The smallest absolute Gasteiger partial charge is 0.339 e. The largest absolute Gasteiger partial charge is 0.466 e. The Morgan fingerprint density at radius 1 is 1.24 bits per heavy atom. The van der Waals surface area contributed by atoms with Crippen LogP contribution in [0.15, 0.2) is 44.1 Å². The molecular weight excluding hydrogens is 442 g/mol. The molecule has 0 aromatic carbocycles. The Hall–Kier alpha value is -3.79. The predicted octanol–water partition coefficient (Wildman–Crippen LogP) is 5.36. The zero-order valence-corrected chi connectivity index (χ0v) is 19.3. The second-order valence-electron chi connectivity index (χ2n) is 7.90. The number of rotatable bonds is 6. The number of carbonyl (C=O) groups excluding carboxylic acids is 1. The van der Waals surface area contributed by atoms with E-state index in [1.54, 1.807) is 16.9 Å². The Labute approximate surface area is 193 Å². The molecule has 5 aromatic rings. The minimum absolute atomic E-state index is 0.0650. The van der Waals surface area contributed by atoms with Gasteiger partial charge in [0.1, 0.15) is 11.5 Å². The molecule has 10 heteroatoms. The van der Waals surface area contributed by atoms with Crippen molar-refractivity contribution >= 4 is 28.3 Å². The zero-order valence-electron chi connectivity index (χ0n) is 18.5. The molecule has 0 fully saturated rings. The molecule has 5 rings (SSSR count). The summed E-state index contributed by atoms with van der Waals surface area (Å²) in [5.41, 5.74) is 3.25. The van der Waals surface area contributed by atoms with E-state index in [4.69, 9.17) is 18.7 Å². The SMILES string of the molecule is Cc1cc(-c2cc(C(=O)OCc3nc(-c4ccsc4)no3)c3cnn(C(C)C)c3n2)c(C)o1. The van der Waals surface area contributed by atoms with Gasteiger partial charge in [-0.1, -0.05) is 5.16 Å². The third-order valence-corrected chi connectivity index (χ3v) is 5.85. The molecule has 5 aromatic heterocycles. The lowest BCUT2D eigenvalue weighted by atomic mass is 10.1. The van der Waals surface area contributed by atoms with Crippen molar-refractivity contribution < 1.29 is 18.5 Å². The van der Waals surface area contributed by atoms with Crippen LogP contribution in [0.5, 0.6) is 0 Å². The number of thiophene rings is 1. The third kappa shape index (κ3) is 3.93. The van der Waals surface area contributed by atoms with Crippen LogP contribution in [0.4, 0.5) is 0 Å². The van der Waals surface area contributed by atoms with Gasteiger partial charge in [0, 0.05) is 22.5 Å². The van der Waals surface area contributed by atoms with Gasteiger partial charge < -0.3 is 13.7 Å². The van der Waals surface area contributed by atoms with Crippen molar-refractivity contribution in [3.05, 3.63) is 58.1 Å². The number of ether oxygens (including phenoxy) is 1. The minimum Gasteiger partial charge on any atom is -0.466 e. The highest BCUT2D eigenvalue weighted by Gasteiger charge is 2.22. The number of hydrogen-bond acceptors (Lipinski definition) is 9. The second-order valence-corrected chi connectivity index (χ2v) is 8.68. The zero-order chi connectivity index (χ0) is 23.1. The van der Waals surface area contributed by atoms with E-state index in [0.717, 1.165) is 22.6 Å². The van der Waals surface area contributed by atoms with Crippen LogP contribution >= 0.6 is 11.3 Å². The normalized spacial score (nSPS) is 11.5. The molecule has 0 spiro atoms. The minimum atomic E-state index is -0.528. The Balaban J connectivity index is 1.48. The molecule has 0 aliphatic carbocycles. The van der Waals surface area contributed by atoms with E-state index in [2.05, 4.69) is 15.2 Å². The summed E-state index contributed by atoms with van der Waals surface area (Å²) in [6.45, 7) is 7.61. The average molecular weight is 464 g/mol. The first-order valence-corrected chi connectivity index (χ1v) is 11.3. The van der Waals surface area contributed by atoms with Crippen molar-refractivity contribution in [2.75, 3.05) is 0 Å². The van der Waals surface area contributed by atoms with Gasteiger partial charge in [-0.25, -0.2) is 14.5 Å². The molecule has 0 N–H and O–H groups in total. The molecule has 0 bridgehead atoms. The van der Waals surface area contributed by atoms with Gasteiger partial charge in [0.25, 0.3) is 5.89 Å². The van der Waals surface area contributed by atoms with Crippen LogP contribution in [0.2, 0.25) is 0 Å². The first-order chi connectivity index (χ1) is 15.9. The Bertz CT molecular complexity index is 1450. The average Bonchev–Trinajstić information content (AvgIpc) is 3.56. The number of esters is 1. The summed E-state index contributed by atoms with van der Waals surface area (Å²) >= 11 is 1.54. The highest BCUT2D eigenvalue weighted by molar-refractivity contribution is 7.08. The molecule has 0 atom stereocenters. The van der Waals surface area contributed by atoms with Crippen molar-refractivity contribution in [2.24, 2.45) is 0 Å². The Morgan fingerprint density at radius 3 is 2.79 bits per heavy atom. The van der Waals surface area contributed by atoms with Crippen LogP contribution in [-0.4, -0.2) is 30.9 Å². The van der Waals surface area contributed by atoms with Gasteiger partial charge in [0.15, 0.2) is 12.3 Å². The molecule has 168 valence electrons. The lowest BCUT2D eigenvalue weighted by Crippen LogP contribution is -2.08. The summed E-state index contributed by atoms with van der Waals surface area (Å²) in [6, 6.07) is 5.57. The molecule has 0 saturated heterocycles. The number of aromatic nitrogens is 5. The highest BCUT2D eigenvalue weighted by atomic mass is 32.1. The topological polar surface area (TPSA) is 109 Å². The number of hydrogen-bond donors (Lipinski definition) is 0. The first kappa shape index (κ1) is 21.1. The third-order valence-electron chi connectivity index (χ3n) is 5.17. The van der Waals surface area contributed by atoms with E-state index >= 15 is 0 Å². The summed E-state index contributed by atoms with van der Waals surface area (Å²) in [4.78, 5) is 22.2. The van der Waals surface area contributed by atoms with Crippen molar-refractivity contribution in [3.63, 3.8) is 0 Å². The number of nitrogens with zero attached hydrogens (tertiary/aromatic N) is 5. The maximum Gasteiger partial charge on any atom is 0.339 e. The molecule has 5 heterocycles. The van der Waals surface area contributed by atoms with E-state index in [1.165, 1.54) is 11.3 Å². The monoisotopic (exact) mass is 463 g/mol. The lowest BCUT2D eigenvalue weighted by molar-refractivity contribution is 0.0432. The lowest BCUT2D eigenvalue weighted by Gasteiger charge is -2.10. The van der Waals surface area contributed by atoms with Gasteiger partial charge in [-0.3, -0.25) is 0 Å². The van der Waals surface area contributed by atoms with Gasteiger partial charge in [-0.2, -0.15) is 21.4 Å². The number of pyridine rings is 1. The molecule has 0 radical (unpaired) electrons. The van der Waals surface area contributed by atoms with Gasteiger partial charge in [0.2, 0.25) is 5.82 Å². The van der Waals surface area contributed by atoms with Gasteiger partial charge in [0.05, 0.1) is 22.8 Å². The van der Waals surface area contributed by atoms with E-state index in [1.807, 2.05) is 50.6 Å². The molecule has 0 saturated carbocycles. The van der Waals surface area contributed by atoms with Gasteiger partial charge >= 0.3 is 5.97 Å². The van der Waals surface area contributed by atoms with Crippen LogP contribution in [0.1, 0.15) is 47.7 Å². The molecule has 0 unspecified atom stereocenters. The van der Waals surface area contributed by atoms with Crippen molar-refractivity contribution in [1.29, 1.82) is 0 Å². The predicted molar refractivity (Wildman–Crippen MR) is 122 cm³/mol. The fourth-order valence-electron chi connectivity index (χ4n) is 3.62. The number of aryl methyl sites for hydroxylation is 2. The van der Waals surface area contributed by atoms with Crippen LogP contribution in [0.3, 0.4) is 0 Å². The quantitative estimate of drug-likeness (QED) is 0.310. The number of carbonyl (C=O) groups is 1. The molecule has 33 heavy (non-hydrogen) atoms. The van der Waals surface area contributed by atoms with Gasteiger partial charge in [-0.05, 0) is 51.3 Å². The molecule has 0 aliphatic heterocycles. The van der Waals surface area contributed by atoms with Crippen LogP contribution in [0.25, 0.3) is 33.7 Å². The van der Waals surface area contributed by atoms with E-state index < -0.39 is 5.97 Å². The Morgan fingerprint density at radius 2 is 2.09 bits per heavy atom. The maximum atomic E-state index is 13.1. The Kier molecular flexibility index (Phi) is 5.29. The van der Waals surface area contributed by atoms with Crippen molar-refractivity contribution in [3.8, 4) is 22.6 Å². The fraction of sp³-hybridized carbons (Fsp3) is 0.261. The van der Waals surface area contributed by atoms with Crippen molar-refractivity contribution in [2.45, 2.75) is 40.3 Å². The fourth-order valence-corrected chi connectivity index (χ4v) is 4.25. The van der Waals surface area contributed by atoms with E-state index in [9.17, 15) is 4.79 Å². The summed E-state index contributed by atoms with van der Waals surface area (Å²) in [5, 5.41) is 12.8. The van der Waals surface area contributed by atoms with Crippen LogP contribution < -0.4 is 0 Å². The number of furan rings is 1. The molecular formula is C23H21N5O4S. The second kappa shape index (κ2) is 8.28. The molecule has 0 amide bonds. The van der Waals surface area contributed by atoms with Gasteiger partial charge in [-0.15, -0.1) is 0 Å². The summed E-state index contributed by atoms with van der Waals surface area (Å²) in [7, 11) is 0. The van der Waals surface area contributed by atoms with Crippen LogP contribution in [-0.2, 0) is 11.3 Å². The summed E-state index contributed by atoms with van der Waals surface area (Å²) in [6.07, 6.45) is 1.64. The maximum absolute atomic E-state index is 13.1. The van der Waals surface area contributed by atoms with E-state index in [0.29, 0.717) is 28.1 Å². The number of fused-ring (bicyclic) bond motifs is 1.